The SMILES string of the molecule is Cc1cc2c(cc1S(=O)(=O)N(C)CC(=O)NC(C)(C)C)OC(C)C(=O)N2. The molecule has 8 nitrogen and oxygen atoms in total. The van der Waals surface area contributed by atoms with Crippen molar-refractivity contribution in [3.8, 4) is 5.75 Å². The van der Waals surface area contributed by atoms with Crippen molar-refractivity contribution in [1.29, 1.82) is 0 Å². The molecule has 0 saturated carbocycles. The Kier molecular flexibility index (Phi) is 5.34. The summed E-state index contributed by atoms with van der Waals surface area (Å²) < 4.78 is 32.3. The standard InChI is InChI=1S/C17H25N3O5S/c1-10-7-12-13(25-11(2)16(22)18-12)8-14(10)26(23,24)20(6)9-15(21)19-17(3,4)5/h7-8,11H,9H2,1-6H3,(H,18,22)(H,19,21). The van der Waals surface area contributed by atoms with E-state index in [9.17, 15) is 18.0 Å². The van der Waals surface area contributed by atoms with Crippen LogP contribution in [0.4, 0.5) is 5.69 Å². The van der Waals surface area contributed by atoms with Crippen LogP contribution in [0.1, 0.15) is 33.3 Å². The summed E-state index contributed by atoms with van der Waals surface area (Å²) in [6.07, 6.45) is -0.712. The Hall–Kier alpha value is -2.13. The zero-order valence-corrected chi connectivity index (χ0v) is 16.7. The molecule has 0 saturated heterocycles. The third-order valence-electron chi connectivity index (χ3n) is 3.78. The lowest BCUT2D eigenvalue weighted by molar-refractivity contribution is -0.123. The summed E-state index contributed by atoms with van der Waals surface area (Å²) in [5, 5.41) is 5.41. The number of sulfonamides is 1. The molecular weight excluding hydrogens is 358 g/mol. The van der Waals surface area contributed by atoms with Gasteiger partial charge in [-0.15, -0.1) is 0 Å². The number of benzene rings is 1. The van der Waals surface area contributed by atoms with Gasteiger partial charge in [0.2, 0.25) is 15.9 Å². The first-order valence-corrected chi connectivity index (χ1v) is 9.65. The Labute approximate surface area is 153 Å². The number of aryl methyl sites for hydroxylation is 1. The number of carbonyl (C=O) groups is 2. The monoisotopic (exact) mass is 383 g/mol. The minimum Gasteiger partial charge on any atom is -0.479 e. The molecule has 0 spiro atoms. The average molecular weight is 383 g/mol. The lowest BCUT2D eigenvalue weighted by Gasteiger charge is -2.26. The Morgan fingerprint density at radius 2 is 1.96 bits per heavy atom. The molecule has 2 rings (SSSR count). The van der Waals surface area contributed by atoms with Gasteiger partial charge in [-0.2, -0.15) is 4.31 Å². The van der Waals surface area contributed by atoms with E-state index in [1.807, 2.05) is 20.8 Å². The zero-order valence-electron chi connectivity index (χ0n) is 15.8. The van der Waals surface area contributed by atoms with Crippen molar-refractivity contribution in [3.63, 3.8) is 0 Å². The molecule has 1 aromatic rings. The first-order valence-electron chi connectivity index (χ1n) is 8.21. The zero-order chi connectivity index (χ0) is 19.9. The number of hydrogen-bond donors (Lipinski definition) is 2. The smallest absolute Gasteiger partial charge is 0.265 e. The van der Waals surface area contributed by atoms with Crippen molar-refractivity contribution in [2.45, 2.75) is 51.2 Å². The van der Waals surface area contributed by atoms with Crippen molar-refractivity contribution in [1.82, 2.24) is 9.62 Å². The quantitative estimate of drug-likeness (QED) is 0.814. The second-order valence-electron chi connectivity index (χ2n) is 7.42. The average Bonchev–Trinajstić information content (AvgIpc) is 2.46. The predicted octanol–water partition coefficient (Wildman–Crippen LogP) is 1.25. The summed E-state index contributed by atoms with van der Waals surface area (Å²) in [5.74, 6) is -0.395. The van der Waals surface area contributed by atoms with Crippen LogP contribution in [0.25, 0.3) is 0 Å². The van der Waals surface area contributed by atoms with Crippen LogP contribution >= 0.6 is 0 Å². The van der Waals surface area contributed by atoms with Gasteiger partial charge < -0.3 is 15.4 Å². The van der Waals surface area contributed by atoms with Gasteiger partial charge in [0.15, 0.2) is 6.10 Å². The Morgan fingerprint density at radius 1 is 1.35 bits per heavy atom. The number of fused-ring (bicyclic) bond motifs is 1. The number of hydrogen-bond acceptors (Lipinski definition) is 5. The molecular formula is C17H25N3O5S. The number of rotatable bonds is 4. The topological polar surface area (TPSA) is 105 Å². The van der Waals surface area contributed by atoms with E-state index in [4.69, 9.17) is 4.74 Å². The fourth-order valence-corrected chi connectivity index (χ4v) is 3.88. The van der Waals surface area contributed by atoms with Crippen LogP contribution in [0, 0.1) is 6.92 Å². The summed E-state index contributed by atoms with van der Waals surface area (Å²) in [5.41, 5.74) is 0.425. The van der Waals surface area contributed by atoms with E-state index in [0.29, 0.717) is 11.3 Å². The second kappa shape index (κ2) is 6.88. The molecule has 9 heteroatoms. The van der Waals surface area contributed by atoms with Crippen LogP contribution in [0.2, 0.25) is 0 Å². The van der Waals surface area contributed by atoms with E-state index in [1.165, 1.54) is 13.1 Å². The molecule has 0 aromatic heterocycles. The first-order chi connectivity index (χ1) is 11.8. The maximum atomic E-state index is 12.9. The van der Waals surface area contributed by atoms with E-state index >= 15 is 0 Å². The van der Waals surface area contributed by atoms with Crippen LogP contribution in [0.5, 0.6) is 5.75 Å². The minimum atomic E-state index is -3.90. The van der Waals surface area contributed by atoms with Crippen molar-refractivity contribution in [3.05, 3.63) is 17.7 Å². The van der Waals surface area contributed by atoms with E-state index in [-0.39, 0.29) is 23.1 Å². The van der Waals surface area contributed by atoms with Crippen molar-refractivity contribution >= 4 is 27.5 Å². The summed E-state index contributed by atoms with van der Waals surface area (Å²) >= 11 is 0. The highest BCUT2D eigenvalue weighted by Gasteiger charge is 2.30. The Bertz CT molecular complexity index is 843. The first kappa shape index (κ1) is 20.2. The number of nitrogens with zero attached hydrogens (tertiary/aromatic N) is 1. The molecule has 144 valence electrons. The van der Waals surface area contributed by atoms with Gasteiger partial charge in [0.1, 0.15) is 5.75 Å². The maximum Gasteiger partial charge on any atom is 0.265 e. The van der Waals surface area contributed by atoms with Gasteiger partial charge >= 0.3 is 0 Å². The number of anilines is 1. The third-order valence-corrected chi connectivity index (χ3v) is 5.72. The van der Waals surface area contributed by atoms with Crippen LogP contribution in [-0.2, 0) is 19.6 Å². The molecule has 0 radical (unpaired) electrons. The van der Waals surface area contributed by atoms with Gasteiger partial charge in [-0.25, -0.2) is 8.42 Å². The lowest BCUT2D eigenvalue weighted by atomic mass is 10.1. The molecule has 0 aliphatic carbocycles. The molecule has 0 bridgehead atoms. The van der Waals surface area contributed by atoms with E-state index < -0.39 is 27.6 Å². The summed E-state index contributed by atoms with van der Waals surface area (Å²) in [7, 11) is -2.56. The Balaban J connectivity index is 2.30. The van der Waals surface area contributed by atoms with Gasteiger partial charge in [0, 0.05) is 18.7 Å². The number of ether oxygens (including phenoxy) is 1. The molecule has 1 atom stereocenters. The highest BCUT2D eigenvalue weighted by atomic mass is 32.2. The van der Waals surface area contributed by atoms with Crippen molar-refractivity contribution in [2.75, 3.05) is 18.9 Å². The van der Waals surface area contributed by atoms with E-state index in [0.717, 1.165) is 4.31 Å². The molecule has 1 heterocycles. The highest BCUT2D eigenvalue weighted by Crippen LogP contribution is 2.35. The van der Waals surface area contributed by atoms with Gasteiger partial charge in [-0.1, -0.05) is 0 Å². The second-order valence-corrected chi connectivity index (χ2v) is 9.44. The normalized spacial score (nSPS) is 17.3. The molecule has 26 heavy (non-hydrogen) atoms. The summed E-state index contributed by atoms with van der Waals surface area (Å²) in [6.45, 7) is 8.36. The number of nitrogens with one attached hydrogen (secondary N) is 2. The Morgan fingerprint density at radius 3 is 2.54 bits per heavy atom. The molecule has 2 amide bonds. The molecule has 2 N–H and O–H groups in total. The van der Waals surface area contributed by atoms with Crippen LogP contribution < -0.4 is 15.4 Å². The number of amides is 2. The van der Waals surface area contributed by atoms with Crippen molar-refractivity contribution < 1.29 is 22.7 Å². The molecule has 0 fully saturated rings. The molecule has 1 unspecified atom stereocenters. The minimum absolute atomic E-state index is 0.0330. The lowest BCUT2D eigenvalue weighted by Crippen LogP contribution is -2.46. The van der Waals surface area contributed by atoms with Gasteiger partial charge in [0.05, 0.1) is 17.1 Å². The summed E-state index contributed by atoms with van der Waals surface area (Å²) in [6, 6.07) is 2.93. The van der Waals surface area contributed by atoms with Gasteiger partial charge in [-0.05, 0) is 46.2 Å². The number of carbonyl (C=O) groups excluding carboxylic acids is 2. The maximum absolute atomic E-state index is 12.9. The van der Waals surface area contributed by atoms with E-state index in [1.54, 1.807) is 19.9 Å². The van der Waals surface area contributed by atoms with Crippen LogP contribution in [0.15, 0.2) is 17.0 Å². The molecule has 1 aromatic carbocycles. The fraction of sp³-hybridized carbons (Fsp3) is 0.529. The van der Waals surface area contributed by atoms with Crippen LogP contribution in [-0.4, -0.2) is 49.8 Å². The fourth-order valence-electron chi connectivity index (χ4n) is 2.53. The predicted molar refractivity (Wildman–Crippen MR) is 97.6 cm³/mol. The van der Waals surface area contributed by atoms with Crippen molar-refractivity contribution in [2.24, 2.45) is 0 Å². The molecule has 1 aliphatic rings. The highest BCUT2D eigenvalue weighted by molar-refractivity contribution is 7.89. The largest absolute Gasteiger partial charge is 0.479 e. The third kappa shape index (κ3) is 4.34. The van der Waals surface area contributed by atoms with Crippen LogP contribution in [0.3, 0.4) is 0 Å². The van der Waals surface area contributed by atoms with Gasteiger partial charge in [-0.3, -0.25) is 9.59 Å². The van der Waals surface area contributed by atoms with E-state index in [2.05, 4.69) is 10.6 Å². The molecule has 1 aliphatic heterocycles. The summed E-state index contributed by atoms with van der Waals surface area (Å²) in [4.78, 5) is 23.8. The van der Waals surface area contributed by atoms with Gasteiger partial charge in [0.25, 0.3) is 5.91 Å². The number of likely N-dealkylation sites (N-methyl/N-ethyl adjacent to an activating group) is 1.